The molecule has 0 spiro atoms. The Labute approximate surface area is 138 Å². The highest BCUT2D eigenvalue weighted by Gasteiger charge is 2.25. The summed E-state index contributed by atoms with van der Waals surface area (Å²) in [4.78, 5) is 4.66. The Kier molecular flexibility index (Phi) is 4.40. The van der Waals surface area contributed by atoms with Gasteiger partial charge in [-0.3, -0.25) is 0 Å². The van der Waals surface area contributed by atoms with E-state index in [0.717, 1.165) is 36.3 Å². The molecule has 1 saturated heterocycles. The molecule has 1 aliphatic heterocycles. The van der Waals surface area contributed by atoms with Gasteiger partial charge < -0.3 is 9.80 Å². The van der Waals surface area contributed by atoms with Gasteiger partial charge in [-0.1, -0.05) is 29.3 Å². The van der Waals surface area contributed by atoms with Crippen molar-refractivity contribution in [2.45, 2.75) is 26.3 Å². The van der Waals surface area contributed by atoms with Gasteiger partial charge in [0, 0.05) is 30.9 Å². The third-order valence-electron chi connectivity index (χ3n) is 4.79. The topological polar surface area (TPSA) is 6.48 Å². The Morgan fingerprint density at radius 3 is 2.39 bits per heavy atom. The highest BCUT2D eigenvalue weighted by Crippen LogP contribution is 2.34. The summed E-state index contributed by atoms with van der Waals surface area (Å²) in [5, 5.41) is 0. The molecule has 2 aromatic rings. The van der Waals surface area contributed by atoms with Crippen LogP contribution in [0, 0.1) is 19.7 Å². The summed E-state index contributed by atoms with van der Waals surface area (Å²) in [5.74, 6) is -0.181. The van der Waals surface area contributed by atoms with Crippen LogP contribution in [0.15, 0.2) is 36.4 Å². The molecular weight excluding hydrogens is 287 g/mol. The predicted molar refractivity (Wildman–Crippen MR) is 95.6 cm³/mol. The van der Waals surface area contributed by atoms with Gasteiger partial charge in [0.1, 0.15) is 5.82 Å². The van der Waals surface area contributed by atoms with Crippen LogP contribution in [0.5, 0.6) is 0 Å². The van der Waals surface area contributed by atoms with Crippen molar-refractivity contribution in [3.8, 4) is 11.1 Å². The van der Waals surface area contributed by atoms with Gasteiger partial charge in [0.05, 0.1) is 0 Å². The molecule has 1 fully saturated rings. The molecule has 0 radical (unpaired) electrons. The summed E-state index contributed by atoms with van der Waals surface area (Å²) in [7, 11) is 4.28. The van der Waals surface area contributed by atoms with Crippen LogP contribution in [-0.2, 0) is 0 Å². The zero-order valence-corrected chi connectivity index (χ0v) is 14.4. The maximum Gasteiger partial charge on any atom is 0.123 e. The summed E-state index contributed by atoms with van der Waals surface area (Å²) in [5.41, 5.74) is 5.60. The summed E-state index contributed by atoms with van der Waals surface area (Å²) in [6.07, 6.45) is 1.15. The lowest BCUT2D eigenvalue weighted by molar-refractivity contribution is 0.409. The molecule has 0 aliphatic carbocycles. The number of nitrogens with zero attached hydrogens (tertiary/aromatic N) is 2. The fraction of sp³-hybridized carbons (Fsp3) is 0.400. The highest BCUT2D eigenvalue weighted by molar-refractivity contribution is 5.79. The van der Waals surface area contributed by atoms with E-state index in [1.807, 2.05) is 6.07 Å². The van der Waals surface area contributed by atoms with E-state index in [0.29, 0.717) is 6.04 Å². The maximum absolute atomic E-state index is 13.9. The number of hydrogen-bond acceptors (Lipinski definition) is 2. The number of likely N-dealkylation sites (N-methyl/N-ethyl adjacent to an activating group) is 2. The van der Waals surface area contributed by atoms with Crippen LogP contribution in [0.25, 0.3) is 11.1 Å². The molecule has 0 aromatic heterocycles. The molecule has 2 aromatic carbocycles. The first-order chi connectivity index (χ1) is 10.9. The number of likely N-dealkylation sites (tertiary alicyclic amines) is 1. The summed E-state index contributed by atoms with van der Waals surface area (Å²) in [6, 6.07) is 12.1. The number of aryl methyl sites for hydroxylation is 2. The second kappa shape index (κ2) is 6.32. The molecule has 0 unspecified atom stereocenters. The Hall–Kier alpha value is -1.87. The van der Waals surface area contributed by atoms with Gasteiger partial charge in [0.2, 0.25) is 0 Å². The monoisotopic (exact) mass is 312 g/mol. The van der Waals surface area contributed by atoms with Crippen LogP contribution < -0.4 is 4.90 Å². The van der Waals surface area contributed by atoms with Crippen LogP contribution in [0.2, 0.25) is 0 Å². The van der Waals surface area contributed by atoms with Crippen molar-refractivity contribution < 1.29 is 4.39 Å². The smallest absolute Gasteiger partial charge is 0.123 e. The minimum Gasteiger partial charge on any atom is -0.370 e. The summed E-state index contributed by atoms with van der Waals surface area (Å²) < 4.78 is 13.9. The molecular formula is C20H25FN2. The fourth-order valence-electron chi connectivity index (χ4n) is 3.60. The second-order valence-corrected chi connectivity index (χ2v) is 6.85. The first-order valence-electron chi connectivity index (χ1n) is 8.23. The van der Waals surface area contributed by atoms with Gasteiger partial charge in [-0.15, -0.1) is 0 Å². The van der Waals surface area contributed by atoms with Crippen LogP contribution in [-0.4, -0.2) is 38.1 Å². The average molecular weight is 312 g/mol. The molecule has 2 nitrogen and oxygen atoms in total. The van der Waals surface area contributed by atoms with Crippen LogP contribution in [0.1, 0.15) is 17.5 Å². The lowest BCUT2D eigenvalue weighted by Crippen LogP contribution is -2.34. The van der Waals surface area contributed by atoms with Gasteiger partial charge in [-0.05, 0) is 57.6 Å². The van der Waals surface area contributed by atoms with Crippen LogP contribution in [0.3, 0.4) is 0 Å². The third-order valence-corrected chi connectivity index (χ3v) is 4.79. The van der Waals surface area contributed by atoms with E-state index >= 15 is 0 Å². The Balaban J connectivity index is 2.04. The normalized spacial score (nSPS) is 18.4. The van der Waals surface area contributed by atoms with Gasteiger partial charge in [-0.2, -0.15) is 0 Å². The quantitative estimate of drug-likeness (QED) is 0.836. The number of halogens is 1. The largest absolute Gasteiger partial charge is 0.370 e. The Morgan fingerprint density at radius 1 is 1.09 bits per heavy atom. The van der Waals surface area contributed by atoms with Gasteiger partial charge in [0.25, 0.3) is 0 Å². The van der Waals surface area contributed by atoms with Gasteiger partial charge >= 0.3 is 0 Å². The zero-order chi connectivity index (χ0) is 16.6. The molecule has 3 rings (SSSR count). The minimum absolute atomic E-state index is 0.181. The van der Waals surface area contributed by atoms with Crippen molar-refractivity contribution in [3.05, 3.63) is 53.3 Å². The van der Waals surface area contributed by atoms with E-state index in [2.05, 4.69) is 55.9 Å². The zero-order valence-electron chi connectivity index (χ0n) is 14.4. The van der Waals surface area contributed by atoms with E-state index in [4.69, 9.17) is 0 Å². The van der Waals surface area contributed by atoms with Crippen molar-refractivity contribution in [1.29, 1.82) is 0 Å². The second-order valence-electron chi connectivity index (χ2n) is 6.85. The van der Waals surface area contributed by atoms with Gasteiger partial charge in [0.15, 0.2) is 0 Å². The van der Waals surface area contributed by atoms with Crippen LogP contribution in [0.4, 0.5) is 10.1 Å². The van der Waals surface area contributed by atoms with Crippen molar-refractivity contribution in [1.82, 2.24) is 4.90 Å². The summed E-state index contributed by atoms with van der Waals surface area (Å²) in [6.45, 7) is 6.35. The predicted octanol–water partition coefficient (Wildman–Crippen LogP) is 4.25. The number of anilines is 1. The van der Waals surface area contributed by atoms with E-state index in [1.54, 1.807) is 12.1 Å². The molecule has 0 N–H and O–H groups in total. The molecule has 122 valence electrons. The lowest BCUT2D eigenvalue weighted by atomic mass is 9.98. The number of rotatable bonds is 3. The van der Waals surface area contributed by atoms with E-state index < -0.39 is 0 Å². The van der Waals surface area contributed by atoms with Crippen LogP contribution >= 0.6 is 0 Å². The molecule has 3 heteroatoms. The third kappa shape index (κ3) is 3.40. The molecule has 1 atom stereocenters. The first kappa shape index (κ1) is 16.0. The van der Waals surface area contributed by atoms with Crippen molar-refractivity contribution in [2.75, 3.05) is 32.1 Å². The van der Waals surface area contributed by atoms with Crippen molar-refractivity contribution in [2.24, 2.45) is 0 Å². The standard InChI is InChI=1S/C20H25FN2/c1-14-9-15(2)11-16(10-14)19-12-17(21)5-6-20(19)23(4)18-7-8-22(3)13-18/h5-6,9-12,18H,7-8,13H2,1-4H3/t18-/m0/s1. The molecule has 1 heterocycles. The SMILES string of the molecule is Cc1cc(C)cc(-c2cc(F)ccc2N(C)[C@H]2CCN(C)C2)c1. The van der Waals surface area contributed by atoms with E-state index in [-0.39, 0.29) is 5.82 Å². The van der Waals surface area contributed by atoms with Gasteiger partial charge in [-0.25, -0.2) is 4.39 Å². The molecule has 23 heavy (non-hydrogen) atoms. The first-order valence-corrected chi connectivity index (χ1v) is 8.23. The number of hydrogen-bond donors (Lipinski definition) is 0. The Bertz CT molecular complexity index is 691. The fourth-order valence-corrected chi connectivity index (χ4v) is 3.60. The van der Waals surface area contributed by atoms with E-state index in [9.17, 15) is 4.39 Å². The van der Waals surface area contributed by atoms with Crippen molar-refractivity contribution >= 4 is 5.69 Å². The summed E-state index contributed by atoms with van der Waals surface area (Å²) >= 11 is 0. The molecule has 0 bridgehead atoms. The molecule has 0 amide bonds. The minimum atomic E-state index is -0.181. The maximum atomic E-state index is 13.9. The average Bonchev–Trinajstić information content (AvgIpc) is 2.92. The van der Waals surface area contributed by atoms with E-state index in [1.165, 1.54) is 11.1 Å². The Morgan fingerprint density at radius 2 is 1.78 bits per heavy atom. The molecule has 0 saturated carbocycles. The highest BCUT2D eigenvalue weighted by atomic mass is 19.1. The number of benzene rings is 2. The lowest BCUT2D eigenvalue weighted by Gasteiger charge is -2.29. The van der Waals surface area contributed by atoms with Crippen molar-refractivity contribution in [3.63, 3.8) is 0 Å². The molecule has 1 aliphatic rings.